The summed E-state index contributed by atoms with van der Waals surface area (Å²) in [4.78, 5) is 20.0. The fourth-order valence-corrected chi connectivity index (χ4v) is 4.60. The molecule has 150 valence electrons. The number of nitrogens with zero attached hydrogens (tertiary/aromatic N) is 4. The Balaban J connectivity index is 1.37. The Kier molecular flexibility index (Phi) is 5.50. The molecule has 2 atom stereocenters. The molecule has 0 saturated carbocycles. The summed E-state index contributed by atoms with van der Waals surface area (Å²) in [7, 11) is 1.85. The van der Waals surface area contributed by atoms with Crippen molar-refractivity contribution >= 4 is 5.91 Å². The lowest BCUT2D eigenvalue weighted by Crippen LogP contribution is -2.47. The molecular formula is C19H30N4O4. The Bertz CT molecular complexity index is 660. The summed E-state index contributed by atoms with van der Waals surface area (Å²) >= 11 is 0. The first-order valence-electron chi connectivity index (χ1n) is 9.85. The molecule has 4 heterocycles. The number of amides is 1. The molecule has 0 unspecified atom stereocenters. The van der Waals surface area contributed by atoms with Crippen molar-refractivity contribution in [3.63, 3.8) is 0 Å². The van der Waals surface area contributed by atoms with Gasteiger partial charge in [0.05, 0.1) is 44.1 Å². The van der Waals surface area contributed by atoms with Crippen LogP contribution in [0.1, 0.15) is 11.5 Å². The predicted octanol–water partition coefficient (Wildman–Crippen LogP) is 0.222. The fourth-order valence-electron chi connectivity index (χ4n) is 4.60. The molecule has 0 N–H and O–H groups in total. The monoisotopic (exact) mass is 378 g/mol. The number of carbonyl (C=O) groups is 1. The molecule has 0 radical (unpaired) electrons. The molecule has 1 amide bonds. The molecular weight excluding hydrogens is 348 g/mol. The van der Waals surface area contributed by atoms with Crippen molar-refractivity contribution in [1.82, 2.24) is 19.9 Å². The highest BCUT2D eigenvalue weighted by Gasteiger charge is 2.56. The van der Waals surface area contributed by atoms with E-state index in [4.69, 9.17) is 14.0 Å². The molecule has 27 heavy (non-hydrogen) atoms. The summed E-state index contributed by atoms with van der Waals surface area (Å²) in [6, 6.07) is 1.88. The van der Waals surface area contributed by atoms with Gasteiger partial charge in [-0.2, -0.15) is 0 Å². The van der Waals surface area contributed by atoms with Crippen LogP contribution in [0.25, 0.3) is 0 Å². The molecule has 1 aromatic rings. The van der Waals surface area contributed by atoms with Crippen molar-refractivity contribution in [2.45, 2.75) is 13.5 Å². The number of carbonyl (C=O) groups excluding carboxylic acids is 1. The number of morpholine rings is 1. The van der Waals surface area contributed by atoms with E-state index < -0.39 is 5.41 Å². The summed E-state index contributed by atoms with van der Waals surface area (Å²) in [5, 5.41) is 3.91. The second-order valence-corrected chi connectivity index (χ2v) is 8.15. The smallest absolute Gasteiger partial charge is 0.233 e. The maximum absolute atomic E-state index is 13.3. The zero-order chi connectivity index (χ0) is 18.9. The summed E-state index contributed by atoms with van der Waals surface area (Å²) < 4.78 is 16.5. The van der Waals surface area contributed by atoms with Gasteiger partial charge in [-0.3, -0.25) is 9.69 Å². The fraction of sp³-hybridized carbons (Fsp3) is 0.789. The minimum Gasteiger partial charge on any atom is -0.380 e. The number of aromatic nitrogens is 1. The average Bonchev–Trinajstić information content (AvgIpc) is 3.34. The summed E-state index contributed by atoms with van der Waals surface area (Å²) in [6.07, 6.45) is 0. The quantitative estimate of drug-likeness (QED) is 0.701. The van der Waals surface area contributed by atoms with Gasteiger partial charge in [-0.1, -0.05) is 5.16 Å². The van der Waals surface area contributed by atoms with E-state index in [1.807, 2.05) is 20.0 Å². The highest BCUT2D eigenvalue weighted by atomic mass is 16.5. The number of likely N-dealkylation sites (tertiary alicyclic amines) is 1. The molecule has 4 rings (SSSR count). The number of fused-ring (bicyclic) bond motifs is 1. The van der Waals surface area contributed by atoms with Gasteiger partial charge in [-0.05, 0) is 6.92 Å². The Morgan fingerprint density at radius 1 is 1.30 bits per heavy atom. The van der Waals surface area contributed by atoms with Crippen LogP contribution >= 0.6 is 0 Å². The normalized spacial score (nSPS) is 29.2. The third-order valence-electron chi connectivity index (χ3n) is 6.12. The maximum atomic E-state index is 13.3. The molecule has 3 aliphatic heterocycles. The molecule has 3 aliphatic rings. The average molecular weight is 378 g/mol. The van der Waals surface area contributed by atoms with Crippen molar-refractivity contribution in [3.05, 3.63) is 17.5 Å². The predicted molar refractivity (Wildman–Crippen MR) is 98.2 cm³/mol. The largest absolute Gasteiger partial charge is 0.380 e. The summed E-state index contributed by atoms with van der Waals surface area (Å²) in [5.74, 6) is 1.15. The molecule has 0 aliphatic carbocycles. The van der Waals surface area contributed by atoms with Gasteiger partial charge in [0.1, 0.15) is 0 Å². The van der Waals surface area contributed by atoms with Crippen LogP contribution in [0.5, 0.6) is 0 Å². The van der Waals surface area contributed by atoms with Gasteiger partial charge < -0.3 is 23.8 Å². The van der Waals surface area contributed by atoms with E-state index in [0.717, 1.165) is 63.9 Å². The van der Waals surface area contributed by atoms with E-state index in [0.29, 0.717) is 19.8 Å². The Hall–Kier alpha value is -1.48. The molecule has 8 nitrogen and oxygen atoms in total. The minimum atomic E-state index is -0.422. The molecule has 8 heteroatoms. The van der Waals surface area contributed by atoms with Crippen molar-refractivity contribution in [2.24, 2.45) is 11.3 Å². The standard InChI is InChI=1S/C19H30N4O4/c1-15-9-17(27-20-15)11-21(2)18(24)19-13-23(10-16(19)12-26-14-19)4-3-22-5-7-25-8-6-22/h9,16H,3-8,10-14H2,1-2H3/t16-,19-/m1/s1. The van der Waals surface area contributed by atoms with Gasteiger partial charge >= 0.3 is 0 Å². The molecule has 3 saturated heterocycles. The third-order valence-corrected chi connectivity index (χ3v) is 6.12. The number of ether oxygens (including phenoxy) is 2. The highest BCUT2D eigenvalue weighted by Crippen LogP contribution is 2.42. The van der Waals surface area contributed by atoms with Crippen LogP contribution in [0, 0.1) is 18.3 Å². The SMILES string of the molecule is Cc1cc(CN(C)C(=O)[C@]23COC[C@H]2CN(CCN2CCOCC2)C3)on1. The summed E-state index contributed by atoms with van der Waals surface area (Å²) in [5.41, 5.74) is 0.413. The Morgan fingerprint density at radius 2 is 2.07 bits per heavy atom. The van der Waals surface area contributed by atoms with Gasteiger partial charge in [0.25, 0.3) is 0 Å². The van der Waals surface area contributed by atoms with Crippen molar-refractivity contribution < 1.29 is 18.8 Å². The van der Waals surface area contributed by atoms with Gasteiger partial charge in [-0.15, -0.1) is 0 Å². The van der Waals surface area contributed by atoms with Crippen molar-refractivity contribution in [3.8, 4) is 0 Å². The van der Waals surface area contributed by atoms with E-state index in [2.05, 4.69) is 15.0 Å². The van der Waals surface area contributed by atoms with Crippen LogP contribution in [0.2, 0.25) is 0 Å². The zero-order valence-electron chi connectivity index (χ0n) is 16.4. The van der Waals surface area contributed by atoms with Gasteiger partial charge in [0.15, 0.2) is 5.76 Å². The third kappa shape index (κ3) is 3.89. The number of rotatable bonds is 6. The number of hydrogen-bond donors (Lipinski definition) is 0. The first kappa shape index (κ1) is 18.9. The molecule has 3 fully saturated rings. The van der Waals surface area contributed by atoms with Crippen LogP contribution in [0.15, 0.2) is 10.6 Å². The van der Waals surface area contributed by atoms with Gasteiger partial charge in [-0.25, -0.2) is 0 Å². The topological polar surface area (TPSA) is 71.3 Å². The lowest BCUT2D eigenvalue weighted by molar-refractivity contribution is -0.142. The van der Waals surface area contributed by atoms with Crippen LogP contribution in [-0.2, 0) is 20.8 Å². The highest BCUT2D eigenvalue weighted by molar-refractivity contribution is 5.84. The Morgan fingerprint density at radius 3 is 2.81 bits per heavy atom. The van der Waals surface area contributed by atoms with Crippen LogP contribution in [0.4, 0.5) is 0 Å². The van der Waals surface area contributed by atoms with E-state index in [1.165, 1.54) is 0 Å². The number of aryl methyl sites for hydroxylation is 1. The van der Waals surface area contributed by atoms with Crippen LogP contribution in [-0.4, -0.2) is 98.5 Å². The maximum Gasteiger partial charge on any atom is 0.233 e. The number of hydrogen-bond acceptors (Lipinski definition) is 7. The molecule has 0 bridgehead atoms. The van der Waals surface area contributed by atoms with Crippen molar-refractivity contribution in [1.29, 1.82) is 0 Å². The van der Waals surface area contributed by atoms with Crippen LogP contribution in [0.3, 0.4) is 0 Å². The summed E-state index contributed by atoms with van der Waals surface area (Å²) in [6.45, 7) is 10.9. The molecule has 0 aromatic carbocycles. The van der Waals surface area contributed by atoms with Crippen molar-refractivity contribution in [2.75, 3.05) is 72.7 Å². The lowest BCUT2D eigenvalue weighted by atomic mass is 9.79. The Labute approximate surface area is 160 Å². The second kappa shape index (κ2) is 7.87. The second-order valence-electron chi connectivity index (χ2n) is 8.15. The first-order chi connectivity index (χ1) is 13.1. The first-order valence-corrected chi connectivity index (χ1v) is 9.85. The van der Waals surface area contributed by atoms with Crippen LogP contribution < -0.4 is 0 Å². The minimum absolute atomic E-state index is 0.160. The molecule has 0 spiro atoms. The van der Waals surface area contributed by atoms with E-state index in [1.54, 1.807) is 4.90 Å². The van der Waals surface area contributed by atoms with E-state index >= 15 is 0 Å². The van der Waals surface area contributed by atoms with E-state index in [-0.39, 0.29) is 11.8 Å². The zero-order valence-corrected chi connectivity index (χ0v) is 16.4. The van der Waals surface area contributed by atoms with E-state index in [9.17, 15) is 4.79 Å². The lowest BCUT2D eigenvalue weighted by Gasteiger charge is -2.31. The molecule has 1 aromatic heterocycles. The van der Waals surface area contributed by atoms with Gasteiger partial charge in [0, 0.05) is 58.3 Å². The van der Waals surface area contributed by atoms with Gasteiger partial charge in [0.2, 0.25) is 5.91 Å².